The second-order valence-electron chi connectivity index (χ2n) is 5.70. The van der Waals surface area contributed by atoms with Crippen LogP contribution in [0, 0.1) is 5.82 Å². The molecule has 0 saturated carbocycles. The Balaban J connectivity index is 1.52. The molecule has 2 aromatic rings. The number of rotatable bonds is 4. The van der Waals surface area contributed by atoms with Crippen molar-refractivity contribution >= 4 is 0 Å². The maximum Gasteiger partial charge on any atom is 0.248 e. The fourth-order valence-electron chi connectivity index (χ4n) is 2.82. The molecule has 1 aliphatic rings. The first-order valence-electron chi connectivity index (χ1n) is 7.56. The Morgan fingerprint density at radius 1 is 1.00 bits per heavy atom. The summed E-state index contributed by atoms with van der Waals surface area (Å²) in [5.41, 5.74) is 1.73. The van der Waals surface area contributed by atoms with E-state index in [1.54, 1.807) is 18.3 Å². The second-order valence-corrected chi connectivity index (χ2v) is 5.70. The van der Waals surface area contributed by atoms with Gasteiger partial charge in [0, 0.05) is 57.1 Å². The SMILES string of the molecule is O=c1cc(CN2CCN(Cc3ccccc3F)CC2)cc[nH]1. The van der Waals surface area contributed by atoms with E-state index in [2.05, 4.69) is 14.8 Å². The molecule has 1 aliphatic heterocycles. The first-order chi connectivity index (χ1) is 10.7. The smallest absolute Gasteiger partial charge is 0.248 e. The maximum atomic E-state index is 13.7. The molecule has 1 saturated heterocycles. The largest absolute Gasteiger partial charge is 0.329 e. The Bertz CT molecular complexity index is 677. The van der Waals surface area contributed by atoms with E-state index < -0.39 is 0 Å². The number of hydrogen-bond acceptors (Lipinski definition) is 3. The van der Waals surface area contributed by atoms with Gasteiger partial charge in [0.2, 0.25) is 5.56 Å². The summed E-state index contributed by atoms with van der Waals surface area (Å²) < 4.78 is 13.7. The Kier molecular flexibility index (Phi) is 4.65. The first-order valence-corrected chi connectivity index (χ1v) is 7.56. The van der Waals surface area contributed by atoms with Crippen LogP contribution in [0.4, 0.5) is 4.39 Å². The summed E-state index contributed by atoms with van der Waals surface area (Å²) >= 11 is 0. The summed E-state index contributed by atoms with van der Waals surface area (Å²) in [5.74, 6) is -0.131. The zero-order valence-electron chi connectivity index (χ0n) is 12.5. The van der Waals surface area contributed by atoms with E-state index in [0.717, 1.165) is 43.9 Å². The van der Waals surface area contributed by atoms with Crippen LogP contribution in [0.2, 0.25) is 0 Å². The molecular formula is C17H20FN3O. The molecular weight excluding hydrogens is 281 g/mol. The van der Waals surface area contributed by atoms with E-state index in [1.165, 1.54) is 6.07 Å². The predicted octanol–water partition coefficient (Wildman–Crippen LogP) is 1.83. The van der Waals surface area contributed by atoms with Crippen LogP contribution < -0.4 is 5.56 Å². The molecule has 5 heteroatoms. The minimum atomic E-state index is -0.131. The highest BCUT2D eigenvalue weighted by atomic mass is 19.1. The van der Waals surface area contributed by atoms with E-state index in [0.29, 0.717) is 6.54 Å². The summed E-state index contributed by atoms with van der Waals surface area (Å²) in [6, 6.07) is 10.5. The molecule has 4 nitrogen and oxygen atoms in total. The number of benzene rings is 1. The summed E-state index contributed by atoms with van der Waals surface area (Å²) in [4.78, 5) is 18.5. The predicted molar refractivity (Wildman–Crippen MR) is 84.0 cm³/mol. The average molecular weight is 301 g/mol. The minimum Gasteiger partial charge on any atom is -0.329 e. The van der Waals surface area contributed by atoms with Crippen molar-refractivity contribution in [3.8, 4) is 0 Å². The fourth-order valence-corrected chi connectivity index (χ4v) is 2.82. The number of halogens is 1. The molecule has 0 amide bonds. The van der Waals surface area contributed by atoms with Crippen LogP contribution in [-0.4, -0.2) is 41.0 Å². The Hall–Kier alpha value is -1.98. The third-order valence-corrected chi connectivity index (χ3v) is 4.06. The van der Waals surface area contributed by atoms with Crippen LogP contribution in [0.15, 0.2) is 47.4 Å². The highest BCUT2D eigenvalue weighted by Crippen LogP contribution is 2.13. The normalized spacial score (nSPS) is 16.8. The molecule has 0 atom stereocenters. The van der Waals surface area contributed by atoms with Crippen molar-refractivity contribution in [1.29, 1.82) is 0 Å². The summed E-state index contributed by atoms with van der Waals surface area (Å²) in [6.45, 7) is 5.14. The Morgan fingerprint density at radius 3 is 2.36 bits per heavy atom. The monoisotopic (exact) mass is 301 g/mol. The van der Waals surface area contributed by atoms with Gasteiger partial charge in [0.1, 0.15) is 5.82 Å². The van der Waals surface area contributed by atoms with Gasteiger partial charge in [-0.05, 0) is 17.7 Å². The van der Waals surface area contributed by atoms with Crippen LogP contribution in [0.3, 0.4) is 0 Å². The van der Waals surface area contributed by atoms with Crippen LogP contribution >= 0.6 is 0 Å². The van der Waals surface area contributed by atoms with Gasteiger partial charge < -0.3 is 4.98 Å². The minimum absolute atomic E-state index is 0.0595. The van der Waals surface area contributed by atoms with Gasteiger partial charge in [-0.15, -0.1) is 0 Å². The lowest BCUT2D eigenvalue weighted by molar-refractivity contribution is 0.121. The third-order valence-electron chi connectivity index (χ3n) is 4.06. The van der Waals surface area contributed by atoms with Crippen LogP contribution in [0.1, 0.15) is 11.1 Å². The summed E-state index contributed by atoms with van der Waals surface area (Å²) in [7, 11) is 0. The Morgan fingerprint density at radius 2 is 1.68 bits per heavy atom. The molecule has 0 radical (unpaired) electrons. The number of nitrogens with zero attached hydrogens (tertiary/aromatic N) is 2. The lowest BCUT2D eigenvalue weighted by Gasteiger charge is -2.34. The quantitative estimate of drug-likeness (QED) is 0.936. The van der Waals surface area contributed by atoms with Gasteiger partial charge in [0.05, 0.1) is 0 Å². The molecule has 2 heterocycles. The maximum absolute atomic E-state index is 13.7. The third kappa shape index (κ3) is 3.81. The molecule has 0 bridgehead atoms. The van der Waals surface area contributed by atoms with Gasteiger partial charge in [-0.25, -0.2) is 4.39 Å². The van der Waals surface area contributed by atoms with Crippen molar-refractivity contribution in [2.45, 2.75) is 13.1 Å². The molecule has 1 aromatic heterocycles. The van der Waals surface area contributed by atoms with Crippen molar-refractivity contribution in [2.24, 2.45) is 0 Å². The van der Waals surface area contributed by atoms with Crippen molar-refractivity contribution < 1.29 is 4.39 Å². The molecule has 1 fully saturated rings. The van der Waals surface area contributed by atoms with Gasteiger partial charge in [-0.2, -0.15) is 0 Å². The first kappa shape index (κ1) is 14.9. The van der Waals surface area contributed by atoms with E-state index in [9.17, 15) is 9.18 Å². The molecule has 1 N–H and O–H groups in total. The van der Waals surface area contributed by atoms with Crippen LogP contribution in [0.5, 0.6) is 0 Å². The number of H-pyrrole nitrogens is 1. The summed E-state index contributed by atoms with van der Waals surface area (Å²) in [6.07, 6.45) is 1.69. The van der Waals surface area contributed by atoms with E-state index in [-0.39, 0.29) is 11.4 Å². The van der Waals surface area contributed by atoms with Crippen molar-refractivity contribution in [1.82, 2.24) is 14.8 Å². The molecule has 1 aromatic carbocycles. The van der Waals surface area contributed by atoms with Gasteiger partial charge in [0.15, 0.2) is 0 Å². The van der Waals surface area contributed by atoms with Gasteiger partial charge in [-0.3, -0.25) is 14.6 Å². The summed E-state index contributed by atoms with van der Waals surface area (Å²) in [5, 5.41) is 0. The van der Waals surface area contributed by atoms with E-state index >= 15 is 0 Å². The lowest BCUT2D eigenvalue weighted by atomic mass is 10.1. The molecule has 116 valence electrons. The topological polar surface area (TPSA) is 39.3 Å². The van der Waals surface area contributed by atoms with Crippen LogP contribution in [0.25, 0.3) is 0 Å². The van der Waals surface area contributed by atoms with E-state index in [1.807, 2.05) is 18.2 Å². The van der Waals surface area contributed by atoms with Crippen molar-refractivity contribution in [3.63, 3.8) is 0 Å². The highest BCUT2D eigenvalue weighted by Gasteiger charge is 2.18. The fraction of sp³-hybridized carbons (Fsp3) is 0.353. The number of piperazine rings is 1. The van der Waals surface area contributed by atoms with Gasteiger partial charge in [-0.1, -0.05) is 18.2 Å². The number of aromatic amines is 1. The number of hydrogen-bond donors (Lipinski definition) is 1. The van der Waals surface area contributed by atoms with Crippen LogP contribution in [-0.2, 0) is 13.1 Å². The molecule has 0 spiro atoms. The van der Waals surface area contributed by atoms with E-state index in [4.69, 9.17) is 0 Å². The highest BCUT2D eigenvalue weighted by molar-refractivity contribution is 5.17. The molecule has 3 rings (SSSR count). The lowest BCUT2D eigenvalue weighted by Crippen LogP contribution is -2.45. The van der Waals surface area contributed by atoms with Crippen molar-refractivity contribution in [3.05, 3.63) is 69.9 Å². The number of pyridine rings is 1. The zero-order chi connectivity index (χ0) is 15.4. The molecule has 22 heavy (non-hydrogen) atoms. The number of aromatic nitrogens is 1. The average Bonchev–Trinajstić information content (AvgIpc) is 2.52. The van der Waals surface area contributed by atoms with Crippen molar-refractivity contribution in [2.75, 3.05) is 26.2 Å². The molecule has 0 aliphatic carbocycles. The second kappa shape index (κ2) is 6.85. The zero-order valence-corrected chi connectivity index (χ0v) is 12.5. The molecule has 0 unspecified atom stereocenters. The van der Waals surface area contributed by atoms with Gasteiger partial charge >= 0.3 is 0 Å². The number of nitrogens with one attached hydrogen (secondary N) is 1. The Labute approximate surface area is 129 Å². The van der Waals surface area contributed by atoms with Gasteiger partial charge in [0.25, 0.3) is 0 Å². The standard InChI is InChI=1S/C17H20FN3O/c18-16-4-2-1-3-15(16)13-21-9-7-20(8-10-21)12-14-5-6-19-17(22)11-14/h1-6,11H,7-10,12-13H2,(H,19,22).